The van der Waals surface area contributed by atoms with Crippen LogP contribution in [0.1, 0.15) is 42.0 Å². The number of oxazole rings is 1. The Morgan fingerprint density at radius 2 is 2.26 bits per heavy atom. The van der Waals surface area contributed by atoms with Gasteiger partial charge in [-0.25, -0.2) is 9.67 Å². The van der Waals surface area contributed by atoms with Crippen molar-refractivity contribution in [3.8, 4) is 0 Å². The van der Waals surface area contributed by atoms with Crippen molar-refractivity contribution in [1.82, 2.24) is 19.7 Å². The van der Waals surface area contributed by atoms with Crippen molar-refractivity contribution in [2.75, 3.05) is 6.54 Å². The van der Waals surface area contributed by atoms with E-state index in [0.717, 1.165) is 67.9 Å². The van der Waals surface area contributed by atoms with E-state index in [4.69, 9.17) is 4.42 Å². The van der Waals surface area contributed by atoms with Gasteiger partial charge in [0.1, 0.15) is 5.76 Å². The van der Waals surface area contributed by atoms with Gasteiger partial charge in [-0.3, -0.25) is 9.69 Å². The zero-order valence-electron chi connectivity index (χ0n) is 13.5. The minimum Gasteiger partial charge on any atom is -0.448 e. The van der Waals surface area contributed by atoms with E-state index in [0.29, 0.717) is 12.6 Å². The lowest BCUT2D eigenvalue weighted by molar-refractivity contribution is 0.213. The van der Waals surface area contributed by atoms with Crippen molar-refractivity contribution in [1.29, 1.82) is 0 Å². The van der Waals surface area contributed by atoms with E-state index in [-0.39, 0.29) is 5.56 Å². The van der Waals surface area contributed by atoms with Gasteiger partial charge in [0.05, 0.1) is 17.9 Å². The summed E-state index contributed by atoms with van der Waals surface area (Å²) >= 11 is 0. The summed E-state index contributed by atoms with van der Waals surface area (Å²) in [5, 5.41) is 4.61. The topological polar surface area (TPSA) is 64.2 Å². The van der Waals surface area contributed by atoms with E-state index < -0.39 is 0 Å². The van der Waals surface area contributed by atoms with Crippen LogP contribution < -0.4 is 5.56 Å². The molecule has 0 radical (unpaired) electrons. The Kier molecular flexibility index (Phi) is 3.77. The normalized spacial score (nSPS) is 21.0. The van der Waals surface area contributed by atoms with Crippen LogP contribution in [0, 0.1) is 6.92 Å². The van der Waals surface area contributed by atoms with Crippen molar-refractivity contribution in [3.63, 3.8) is 0 Å². The molecule has 0 spiro atoms. The molecule has 122 valence electrons. The van der Waals surface area contributed by atoms with E-state index in [1.165, 1.54) is 6.39 Å². The molecule has 1 aliphatic carbocycles. The molecule has 2 aliphatic rings. The van der Waals surface area contributed by atoms with Crippen LogP contribution in [0.5, 0.6) is 0 Å². The molecule has 2 aromatic heterocycles. The van der Waals surface area contributed by atoms with Crippen molar-refractivity contribution >= 4 is 0 Å². The third-order valence-electron chi connectivity index (χ3n) is 5.10. The van der Waals surface area contributed by atoms with Gasteiger partial charge in [0.25, 0.3) is 5.56 Å². The fourth-order valence-electron chi connectivity index (χ4n) is 3.75. The standard InChI is InChI=1S/C17H22N4O2/c1-12-16(18-11-23-12)10-20-7-3-5-14(20)9-21-17(22)8-13-4-2-6-15(13)19-21/h8,11,14H,2-7,9-10H2,1H3. The van der Waals surface area contributed by atoms with Crippen molar-refractivity contribution in [3.05, 3.63) is 45.5 Å². The van der Waals surface area contributed by atoms with Crippen LogP contribution in [0.3, 0.4) is 0 Å². The molecule has 23 heavy (non-hydrogen) atoms. The molecule has 2 aromatic rings. The van der Waals surface area contributed by atoms with Crippen LogP contribution >= 0.6 is 0 Å². The summed E-state index contributed by atoms with van der Waals surface area (Å²) in [4.78, 5) is 19.0. The maximum Gasteiger partial charge on any atom is 0.267 e. The van der Waals surface area contributed by atoms with Crippen LogP contribution in [0.25, 0.3) is 0 Å². The molecule has 1 aliphatic heterocycles. The monoisotopic (exact) mass is 314 g/mol. The molecule has 1 saturated heterocycles. The fourth-order valence-corrected chi connectivity index (χ4v) is 3.75. The molecule has 1 atom stereocenters. The summed E-state index contributed by atoms with van der Waals surface area (Å²) in [5.74, 6) is 0.878. The summed E-state index contributed by atoms with van der Waals surface area (Å²) < 4.78 is 6.96. The van der Waals surface area contributed by atoms with Gasteiger partial charge in [-0.2, -0.15) is 5.10 Å². The predicted molar refractivity (Wildman–Crippen MR) is 85.2 cm³/mol. The van der Waals surface area contributed by atoms with Crippen molar-refractivity contribution in [2.45, 2.75) is 58.2 Å². The number of likely N-dealkylation sites (tertiary alicyclic amines) is 1. The lowest BCUT2D eigenvalue weighted by Gasteiger charge is -2.24. The fraction of sp³-hybridized carbons (Fsp3) is 0.588. The number of hydrogen-bond acceptors (Lipinski definition) is 5. The minimum atomic E-state index is 0.0371. The number of rotatable bonds is 4. The maximum atomic E-state index is 12.3. The predicted octanol–water partition coefficient (Wildman–Crippen LogP) is 1.69. The zero-order chi connectivity index (χ0) is 15.8. The second kappa shape index (κ2) is 5.92. The van der Waals surface area contributed by atoms with Gasteiger partial charge in [-0.15, -0.1) is 0 Å². The largest absolute Gasteiger partial charge is 0.448 e. The first kappa shape index (κ1) is 14.6. The Bertz CT molecular complexity index is 764. The van der Waals surface area contributed by atoms with Gasteiger partial charge in [0, 0.05) is 18.7 Å². The quantitative estimate of drug-likeness (QED) is 0.859. The second-order valence-corrected chi connectivity index (χ2v) is 6.61. The van der Waals surface area contributed by atoms with Gasteiger partial charge >= 0.3 is 0 Å². The molecule has 0 amide bonds. The highest BCUT2D eigenvalue weighted by Crippen LogP contribution is 2.22. The Morgan fingerprint density at radius 3 is 3.09 bits per heavy atom. The van der Waals surface area contributed by atoms with Gasteiger partial charge in [0.2, 0.25) is 0 Å². The molecule has 6 nitrogen and oxygen atoms in total. The summed E-state index contributed by atoms with van der Waals surface area (Å²) in [6.45, 7) is 4.44. The first-order valence-corrected chi connectivity index (χ1v) is 8.43. The average Bonchev–Trinajstić information content (AvgIpc) is 3.24. The zero-order valence-corrected chi connectivity index (χ0v) is 13.5. The first-order valence-electron chi connectivity index (χ1n) is 8.43. The van der Waals surface area contributed by atoms with Crippen molar-refractivity contribution in [2.24, 2.45) is 0 Å². The van der Waals surface area contributed by atoms with Crippen LogP contribution in [0.4, 0.5) is 0 Å². The Hall–Kier alpha value is -1.95. The van der Waals surface area contributed by atoms with Crippen molar-refractivity contribution < 1.29 is 4.42 Å². The van der Waals surface area contributed by atoms with E-state index in [1.807, 2.05) is 6.92 Å². The first-order chi connectivity index (χ1) is 11.2. The van der Waals surface area contributed by atoms with E-state index in [9.17, 15) is 4.79 Å². The number of aromatic nitrogens is 3. The highest BCUT2D eigenvalue weighted by molar-refractivity contribution is 5.22. The summed E-state index contributed by atoms with van der Waals surface area (Å²) in [5.41, 5.74) is 3.29. The van der Waals surface area contributed by atoms with Gasteiger partial charge < -0.3 is 4.42 Å². The SMILES string of the molecule is Cc1ocnc1CN1CCCC1Cn1nc2c(cc1=O)CCC2. The molecule has 3 heterocycles. The van der Waals surface area contributed by atoms with Gasteiger partial charge in [-0.05, 0) is 51.1 Å². The molecule has 0 saturated carbocycles. The molecular formula is C17H22N4O2. The van der Waals surface area contributed by atoms with Crippen LogP contribution in [-0.2, 0) is 25.9 Å². The average molecular weight is 314 g/mol. The highest BCUT2D eigenvalue weighted by Gasteiger charge is 2.27. The molecule has 0 aromatic carbocycles. The second-order valence-electron chi connectivity index (χ2n) is 6.61. The number of fused-ring (bicyclic) bond motifs is 1. The number of nitrogens with zero attached hydrogens (tertiary/aromatic N) is 4. The summed E-state index contributed by atoms with van der Waals surface area (Å²) in [6, 6.07) is 2.13. The van der Waals surface area contributed by atoms with Crippen LogP contribution in [0.2, 0.25) is 0 Å². The molecule has 0 N–H and O–H groups in total. The van der Waals surface area contributed by atoms with Gasteiger partial charge in [-0.1, -0.05) is 0 Å². The Labute approximate surface area is 135 Å². The Balaban J connectivity index is 1.52. The summed E-state index contributed by atoms with van der Waals surface area (Å²) in [7, 11) is 0. The van der Waals surface area contributed by atoms with E-state index in [2.05, 4.69) is 15.0 Å². The highest BCUT2D eigenvalue weighted by atomic mass is 16.3. The number of hydrogen-bond donors (Lipinski definition) is 0. The Morgan fingerprint density at radius 1 is 1.35 bits per heavy atom. The van der Waals surface area contributed by atoms with Gasteiger partial charge in [0.15, 0.2) is 6.39 Å². The van der Waals surface area contributed by atoms with Crippen LogP contribution in [0.15, 0.2) is 21.7 Å². The molecule has 6 heteroatoms. The molecular weight excluding hydrogens is 292 g/mol. The molecule has 0 bridgehead atoms. The summed E-state index contributed by atoms with van der Waals surface area (Å²) in [6.07, 6.45) is 6.87. The number of aryl methyl sites for hydroxylation is 3. The third kappa shape index (κ3) is 2.83. The molecule has 1 fully saturated rings. The molecule has 1 unspecified atom stereocenters. The minimum absolute atomic E-state index is 0.0371. The van der Waals surface area contributed by atoms with Crippen LogP contribution in [-0.4, -0.2) is 32.3 Å². The smallest absolute Gasteiger partial charge is 0.267 e. The third-order valence-corrected chi connectivity index (χ3v) is 5.10. The lowest BCUT2D eigenvalue weighted by Crippen LogP contribution is -2.37. The van der Waals surface area contributed by atoms with E-state index >= 15 is 0 Å². The maximum absolute atomic E-state index is 12.3. The van der Waals surface area contributed by atoms with E-state index in [1.54, 1.807) is 10.7 Å². The lowest BCUT2D eigenvalue weighted by atomic mass is 10.2. The molecule has 4 rings (SSSR count).